The molecule has 7 N–H and O–H groups in total. The van der Waals surface area contributed by atoms with Gasteiger partial charge in [0, 0.05) is 32.0 Å². The van der Waals surface area contributed by atoms with Crippen molar-refractivity contribution in [2.24, 2.45) is 0 Å². The summed E-state index contributed by atoms with van der Waals surface area (Å²) in [6.45, 7) is 6.48. The maximum absolute atomic E-state index is 12.6. The molecule has 0 saturated heterocycles. The molecular weight excluding hydrogens is 586 g/mol. The lowest BCUT2D eigenvalue weighted by atomic mass is 10.1. The van der Waals surface area contributed by atoms with Gasteiger partial charge in [-0.3, -0.25) is 34.1 Å². The van der Waals surface area contributed by atoms with Gasteiger partial charge < -0.3 is 41.4 Å². The van der Waals surface area contributed by atoms with Crippen LogP contribution >= 0.6 is 0 Å². The standard InChI is InChI=1S/C30H55N7O8/c1-4-6-8-12-25(36-27(42)19-34-29(44)24(5-2)35-26(41)13-11-18-38)30(45)33-17-14-23(3)37(22-40)20-28(43)32-16-10-7-9-15-31-21-39/h18,21-25,30,33,45H,4-17,19-20H2,1-3H3,(H,31,39)(H,32,43)(H,34,44)(H,35,41)(H,36,42)/t23?,24-,25-,30?/m1/s1. The molecule has 6 amide bonds. The highest BCUT2D eigenvalue weighted by Gasteiger charge is 2.23. The molecule has 0 aliphatic rings. The van der Waals surface area contributed by atoms with Crippen molar-refractivity contribution in [3.8, 4) is 0 Å². The van der Waals surface area contributed by atoms with Gasteiger partial charge in [-0.1, -0.05) is 33.1 Å². The lowest BCUT2D eigenvalue weighted by molar-refractivity contribution is -0.131. The van der Waals surface area contributed by atoms with Crippen LogP contribution in [0, 0.1) is 0 Å². The van der Waals surface area contributed by atoms with Crippen molar-refractivity contribution in [3.63, 3.8) is 0 Å². The van der Waals surface area contributed by atoms with Crippen molar-refractivity contribution >= 4 is 42.7 Å². The number of carbonyl (C=O) groups excluding carboxylic acids is 7. The zero-order valence-electron chi connectivity index (χ0n) is 27.1. The molecule has 2 unspecified atom stereocenters. The number of aliphatic hydroxyl groups excluding tert-OH is 1. The molecule has 15 heteroatoms. The maximum Gasteiger partial charge on any atom is 0.243 e. The average Bonchev–Trinajstić information content (AvgIpc) is 3.02. The minimum Gasteiger partial charge on any atom is -0.376 e. The van der Waals surface area contributed by atoms with Gasteiger partial charge in [0.15, 0.2) is 0 Å². The first-order chi connectivity index (χ1) is 21.6. The SMILES string of the molecule is CCCCC[C@@H](NC(=O)CNC(=O)[C@@H](CC)NC(=O)CCC=O)C(O)NCCC(C)N(C=O)CC(=O)NCCCCCNC=O. The zero-order valence-corrected chi connectivity index (χ0v) is 27.1. The molecule has 45 heavy (non-hydrogen) atoms. The molecule has 15 nitrogen and oxygen atoms in total. The summed E-state index contributed by atoms with van der Waals surface area (Å²) in [6, 6.07) is -1.77. The third-order valence-electron chi connectivity index (χ3n) is 7.17. The Balaban J connectivity index is 4.74. The minimum atomic E-state index is -1.09. The third kappa shape index (κ3) is 20.9. The molecule has 0 aromatic rings. The van der Waals surface area contributed by atoms with E-state index < -0.39 is 36.0 Å². The zero-order chi connectivity index (χ0) is 33.9. The number of nitrogens with one attached hydrogen (secondary N) is 6. The molecule has 0 radical (unpaired) electrons. The van der Waals surface area contributed by atoms with Crippen LogP contribution in [0.5, 0.6) is 0 Å². The largest absolute Gasteiger partial charge is 0.376 e. The first-order valence-electron chi connectivity index (χ1n) is 16.0. The Kier molecular flexibility index (Phi) is 24.6. The Bertz CT molecular complexity index is 892. The van der Waals surface area contributed by atoms with Gasteiger partial charge in [0.1, 0.15) is 18.6 Å². The second-order valence-electron chi connectivity index (χ2n) is 10.9. The fourth-order valence-electron chi connectivity index (χ4n) is 4.36. The van der Waals surface area contributed by atoms with Crippen molar-refractivity contribution in [2.75, 3.05) is 32.7 Å². The highest BCUT2D eigenvalue weighted by atomic mass is 16.3. The molecule has 0 saturated carbocycles. The summed E-state index contributed by atoms with van der Waals surface area (Å²) in [5.74, 6) is -1.74. The monoisotopic (exact) mass is 641 g/mol. The van der Waals surface area contributed by atoms with E-state index in [0.717, 1.165) is 38.5 Å². The second kappa shape index (κ2) is 26.8. The third-order valence-corrected chi connectivity index (χ3v) is 7.17. The predicted molar refractivity (Wildman–Crippen MR) is 168 cm³/mol. The smallest absolute Gasteiger partial charge is 0.243 e. The van der Waals surface area contributed by atoms with Crippen LogP contribution in [0.15, 0.2) is 0 Å². The lowest BCUT2D eigenvalue weighted by Crippen LogP contribution is -2.54. The van der Waals surface area contributed by atoms with E-state index in [4.69, 9.17) is 0 Å². The average molecular weight is 642 g/mol. The molecule has 0 aliphatic carbocycles. The molecule has 0 aromatic carbocycles. The van der Waals surface area contributed by atoms with Crippen molar-refractivity contribution in [1.29, 1.82) is 0 Å². The number of nitrogens with zero attached hydrogens (tertiary/aromatic N) is 1. The van der Waals surface area contributed by atoms with Crippen LogP contribution in [-0.2, 0) is 33.6 Å². The van der Waals surface area contributed by atoms with Gasteiger partial charge in [-0.25, -0.2) is 0 Å². The van der Waals surface area contributed by atoms with Crippen LogP contribution in [-0.4, -0.2) is 110 Å². The number of aliphatic hydroxyl groups is 1. The van der Waals surface area contributed by atoms with E-state index in [2.05, 4.69) is 31.9 Å². The summed E-state index contributed by atoms with van der Waals surface area (Å²) < 4.78 is 0. The van der Waals surface area contributed by atoms with Crippen LogP contribution < -0.4 is 31.9 Å². The van der Waals surface area contributed by atoms with Gasteiger partial charge in [-0.15, -0.1) is 0 Å². The van der Waals surface area contributed by atoms with Gasteiger partial charge in [-0.2, -0.15) is 0 Å². The molecule has 0 rings (SSSR count). The van der Waals surface area contributed by atoms with Gasteiger partial charge in [0.05, 0.1) is 19.1 Å². The molecule has 4 atom stereocenters. The summed E-state index contributed by atoms with van der Waals surface area (Å²) in [7, 11) is 0. The number of rotatable bonds is 29. The summed E-state index contributed by atoms with van der Waals surface area (Å²) >= 11 is 0. The minimum absolute atomic E-state index is 0.0244. The van der Waals surface area contributed by atoms with Crippen molar-refractivity contribution in [3.05, 3.63) is 0 Å². The highest BCUT2D eigenvalue weighted by Crippen LogP contribution is 2.07. The summed E-state index contributed by atoms with van der Waals surface area (Å²) in [4.78, 5) is 83.0. The molecule has 0 aromatic heterocycles. The van der Waals surface area contributed by atoms with Gasteiger partial charge in [-0.05, 0) is 52.0 Å². The Labute approximate surface area is 266 Å². The number of aldehydes is 1. The first kappa shape index (κ1) is 41.4. The second-order valence-corrected chi connectivity index (χ2v) is 10.9. The molecule has 258 valence electrons. The van der Waals surface area contributed by atoms with Crippen LogP contribution in [0.25, 0.3) is 0 Å². The van der Waals surface area contributed by atoms with E-state index in [1.807, 2.05) is 6.92 Å². The molecular formula is C30H55N7O8. The van der Waals surface area contributed by atoms with E-state index >= 15 is 0 Å². The van der Waals surface area contributed by atoms with Gasteiger partial charge in [0.2, 0.25) is 36.4 Å². The van der Waals surface area contributed by atoms with Crippen molar-refractivity contribution in [1.82, 2.24) is 36.8 Å². The van der Waals surface area contributed by atoms with Crippen molar-refractivity contribution in [2.45, 2.75) is 116 Å². The van der Waals surface area contributed by atoms with Gasteiger partial charge >= 0.3 is 0 Å². The van der Waals surface area contributed by atoms with Crippen LogP contribution in [0.2, 0.25) is 0 Å². The van der Waals surface area contributed by atoms with E-state index in [9.17, 15) is 38.7 Å². The quantitative estimate of drug-likeness (QED) is 0.0309. The topological polar surface area (TPSA) is 215 Å². The number of hydrogen-bond donors (Lipinski definition) is 7. The summed E-state index contributed by atoms with van der Waals surface area (Å²) in [5.41, 5.74) is 0. The maximum atomic E-state index is 12.6. The van der Waals surface area contributed by atoms with E-state index in [1.54, 1.807) is 13.8 Å². The van der Waals surface area contributed by atoms with E-state index in [0.29, 0.717) is 58.0 Å². The van der Waals surface area contributed by atoms with E-state index in [1.165, 1.54) is 4.90 Å². The molecule has 0 fully saturated rings. The Morgan fingerprint density at radius 2 is 1.56 bits per heavy atom. The first-order valence-corrected chi connectivity index (χ1v) is 16.0. The number of hydrogen-bond acceptors (Lipinski definition) is 9. The lowest BCUT2D eigenvalue weighted by Gasteiger charge is -2.28. The predicted octanol–water partition coefficient (Wildman–Crippen LogP) is -0.781. The van der Waals surface area contributed by atoms with Crippen LogP contribution in [0.4, 0.5) is 0 Å². The molecule has 0 bridgehead atoms. The summed E-state index contributed by atoms with van der Waals surface area (Å²) in [6.07, 6.45) is 7.10. The number of unbranched alkanes of at least 4 members (excludes halogenated alkanes) is 4. The number of carbonyl (C=O) groups is 7. The fourth-order valence-corrected chi connectivity index (χ4v) is 4.36. The van der Waals surface area contributed by atoms with Crippen LogP contribution in [0.3, 0.4) is 0 Å². The molecule has 0 heterocycles. The Morgan fingerprint density at radius 3 is 2.20 bits per heavy atom. The number of amides is 6. The van der Waals surface area contributed by atoms with Crippen molar-refractivity contribution < 1.29 is 38.7 Å². The highest BCUT2D eigenvalue weighted by molar-refractivity contribution is 5.90. The summed E-state index contributed by atoms with van der Waals surface area (Å²) in [5, 5.41) is 27.0. The Hall–Kier alpha value is -3.59. The fraction of sp³-hybridized carbons (Fsp3) is 0.767. The van der Waals surface area contributed by atoms with Gasteiger partial charge in [0.25, 0.3) is 0 Å². The van der Waals surface area contributed by atoms with E-state index in [-0.39, 0.29) is 37.9 Å². The molecule has 0 aliphatic heterocycles. The Morgan fingerprint density at radius 1 is 0.822 bits per heavy atom. The van der Waals surface area contributed by atoms with Crippen LogP contribution in [0.1, 0.15) is 91.4 Å². The normalized spacial score (nSPS) is 13.3. The molecule has 0 spiro atoms.